The Labute approximate surface area is 185 Å². The molecule has 0 saturated heterocycles. The number of carbonyl (C=O) groups is 2. The molecular formula is C18H25F2NO9S2. The van der Waals surface area contributed by atoms with Crippen molar-refractivity contribution in [1.29, 1.82) is 0 Å². The first kappa shape index (κ1) is 25.0. The van der Waals surface area contributed by atoms with Crippen LogP contribution in [0.5, 0.6) is 0 Å². The van der Waals surface area contributed by atoms with Gasteiger partial charge >= 0.3 is 37.5 Å². The van der Waals surface area contributed by atoms with Gasteiger partial charge < -0.3 is 9.47 Å². The van der Waals surface area contributed by atoms with E-state index in [-0.39, 0.29) is 23.3 Å². The Morgan fingerprint density at radius 1 is 1.12 bits per heavy atom. The summed E-state index contributed by atoms with van der Waals surface area (Å²) in [5.41, 5.74) is -0.555. The minimum Gasteiger partial charge on any atom is -0.461 e. The number of sulfonamides is 1. The van der Waals surface area contributed by atoms with Gasteiger partial charge in [-0.2, -0.15) is 17.2 Å². The number of halogens is 2. The number of hydrogen-bond acceptors (Lipinski definition) is 9. The van der Waals surface area contributed by atoms with Crippen LogP contribution < -0.4 is 4.13 Å². The van der Waals surface area contributed by atoms with Crippen LogP contribution in [0, 0.1) is 17.8 Å². The number of rotatable bonds is 9. The van der Waals surface area contributed by atoms with Crippen molar-refractivity contribution in [1.82, 2.24) is 4.13 Å². The molecule has 4 aliphatic rings. The third-order valence-corrected chi connectivity index (χ3v) is 9.10. The Kier molecular flexibility index (Phi) is 6.48. The number of ether oxygens (including phenoxy) is 2. The second-order valence-electron chi connectivity index (χ2n) is 8.66. The molecule has 0 spiro atoms. The molecule has 4 rings (SSSR count). The third kappa shape index (κ3) is 4.68. The summed E-state index contributed by atoms with van der Waals surface area (Å²) in [5, 5.41) is -5.13. The van der Waals surface area contributed by atoms with E-state index in [0.717, 1.165) is 4.13 Å². The first-order valence-corrected chi connectivity index (χ1v) is 12.9. The quantitative estimate of drug-likeness (QED) is 0.366. The molecule has 4 bridgehead atoms. The average Bonchev–Trinajstić information content (AvgIpc) is 2.63. The maximum Gasteiger partial charge on any atom is 0.455 e. The molecule has 2 atom stereocenters. The van der Waals surface area contributed by atoms with E-state index in [0.29, 0.717) is 32.1 Å². The Bertz CT molecular complexity index is 1010. The van der Waals surface area contributed by atoms with Gasteiger partial charge in [-0.3, -0.25) is 4.18 Å². The third-order valence-electron chi connectivity index (χ3n) is 6.09. The second kappa shape index (κ2) is 8.29. The molecule has 0 aliphatic heterocycles. The van der Waals surface area contributed by atoms with Crippen LogP contribution in [-0.2, 0) is 43.6 Å². The number of nitrogens with one attached hydrogen (secondary N) is 1. The zero-order chi connectivity index (χ0) is 24.1. The van der Waals surface area contributed by atoms with E-state index >= 15 is 0 Å². The van der Waals surface area contributed by atoms with Gasteiger partial charge in [0.05, 0.1) is 12.7 Å². The van der Waals surface area contributed by atoms with Gasteiger partial charge in [0, 0.05) is 5.57 Å². The molecule has 2 unspecified atom stereocenters. The molecule has 10 nitrogen and oxygen atoms in total. The summed E-state index contributed by atoms with van der Waals surface area (Å²) in [6, 6.07) is 0. The van der Waals surface area contributed by atoms with Crippen molar-refractivity contribution in [2.45, 2.75) is 62.9 Å². The lowest BCUT2D eigenvalue weighted by Crippen LogP contribution is -2.60. The van der Waals surface area contributed by atoms with Gasteiger partial charge in [-0.25, -0.2) is 18.0 Å². The van der Waals surface area contributed by atoms with Crippen LogP contribution in [-0.4, -0.2) is 52.3 Å². The van der Waals surface area contributed by atoms with E-state index in [1.54, 1.807) is 0 Å². The van der Waals surface area contributed by atoms with Gasteiger partial charge in [-0.15, -0.1) is 0 Å². The highest BCUT2D eigenvalue weighted by Crippen LogP contribution is 2.58. The summed E-state index contributed by atoms with van der Waals surface area (Å²) in [7, 11) is -11.2. The summed E-state index contributed by atoms with van der Waals surface area (Å²) in [5.74, 6) is -3.56. The predicted octanol–water partition coefficient (Wildman–Crippen LogP) is 1.39. The van der Waals surface area contributed by atoms with E-state index in [4.69, 9.17) is 8.92 Å². The van der Waals surface area contributed by atoms with Crippen LogP contribution in [0.15, 0.2) is 12.2 Å². The molecule has 32 heavy (non-hydrogen) atoms. The molecule has 14 heteroatoms. The Morgan fingerprint density at radius 2 is 1.69 bits per heavy atom. The van der Waals surface area contributed by atoms with Crippen LogP contribution in [0.4, 0.5) is 8.78 Å². The van der Waals surface area contributed by atoms with Gasteiger partial charge in [-0.05, 0) is 63.7 Å². The van der Waals surface area contributed by atoms with Gasteiger partial charge in [-0.1, -0.05) is 10.7 Å². The van der Waals surface area contributed by atoms with E-state index < -0.39 is 55.8 Å². The predicted molar refractivity (Wildman–Crippen MR) is 105 cm³/mol. The van der Waals surface area contributed by atoms with Crippen LogP contribution >= 0.6 is 0 Å². The largest absolute Gasteiger partial charge is 0.461 e. The fraction of sp³-hybridized carbons (Fsp3) is 0.778. The molecule has 182 valence electrons. The maximum atomic E-state index is 13.9. The standard InChI is InChI=1S/C18H25F2NO9S2/c1-4-28-16(23)18(19,20)31(24,25)21-32(26,27)30-14-12-5-11-6-13(14)9-17(7-11,8-12)29-15(22)10(2)3/h11-14,21H,2,4-9H2,1,3H3. The second-order valence-corrected chi connectivity index (χ2v) is 11.9. The minimum absolute atomic E-state index is 0.165. The summed E-state index contributed by atoms with van der Waals surface area (Å²) in [6.07, 6.45) is 1.36. The van der Waals surface area contributed by atoms with E-state index in [1.165, 1.54) is 13.8 Å². The van der Waals surface area contributed by atoms with Crippen molar-refractivity contribution in [3.05, 3.63) is 12.2 Å². The van der Waals surface area contributed by atoms with Gasteiger partial charge in [0.15, 0.2) is 0 Å². The Balaban J connectivity index is 1.74. The van der Waals surface area contributed by atoms with E-state index in [9.17, 15) is 35.2 Å². The molecular weight excluding hydrogens is 476 g/mol. The van der Waals surface area contributed by atoms with Gasteiger partial charge in [0.1, 0.15) is 5.60 Å². The monoisotopic (exact) mass is 501 g/mol. The van der Waals surface area contributed by atoms with Crippen molar-refractivity contribution >= 4 is 32.3 Å². The fourth-order valence-electron chi connectivity index (χ4n) is 5.15. The number of alkyl halides is 2. The zero-order valence-electron chi connectivity index (χ0n) is 17.5. The summed E-state index contributed by atoms with van der Waals surface area (Å²) in [4.78, 5) is 23.3. The molecule has 0 amide bonds. The van der Waals surface area contributed by atoms with Crippen LogP contribution in [0.3, 0.4) is 0 Å². The number of hydrogen-bond donors (Lipinski definition) is 1. The molecule has 4 aliphatic carbocycles. The maximum absolute atomic E-state index is 13.9. The minimum atomic E-state index is -6.00. The zero-order valence-corrected chi connectivity index (χ0v) is 19.1. The lowest BCUT2D eigenvalue weighted by molar-refractivity contribution is -0.199. The smallest absolute Gasteiger partial charge is 0.455 e. The highest BCUT2D eigenvalue weighted by atomic mass is 32.3. The van der Waals surface area contributed by atoms with Gasteiger partial charge in [0.2, 0.25) is 0 Å². The molecule has 0 aromatic heterocycles. The molecule has 0 radical (unpaired) electrons. The van der Waals surface area contributed by atoms with Crippen molar-refractivity contribution in [3.63, 3.8) is 0 Å². The normalized spacial score (nSPS) is 31.9. The van der Waals surface area contributed by atoms with Crippen molar-refractivity contribution < 1.29 is 48.9 Å². The van der Waals surface area contributed by atoms with Crippen LogP contribution in [0.1, 0.15) is 46.0 Å². The molecule has 1 N–H and O–H groups in total. The Morgan fingerprint density at radius 3 is 2.19 bits per heavy atom. The molecule has 0 heterocycles. The highest BCUT2D eigenvalue weighted by Gasteiger charge is 2.60. The molecule has 4 fully saturated rings. The van der Waals surface area contributed by atoms with Crippen LogP contribution in [0.2, 0.25) is 0 Å². The number of esters is 2. The lowest BCUT2D eigenvalue weighted by atomic mass is 9.53. The van der Waals surface area contributed by atoms with E-state index in [2.05, 4.69) is 11.3 Å². The van der Waals surface area contributed by atoms with Crippen molar-refractivity contribution in [2.24, 2.45) is 17.8 Å². The first-order valence-electron chi connectivity index (χ1n) is 10.0. The average molecular weight is 502 g/mol. The summed E-state index contributed by atoms with van der Waals surface area (Å²) in [6.45, 7) is 5.72. The fourth-order valence-corrected chi connectivity index (χ4v) is 7.68. The SMILES string of the molecule is C=C(C)C(=O)OC12CC3CC(C1)C(OS(=O)(=O)NS(=O)(=O)C(F)(F)C(=O)OCC)C(C3)C2. The molecule has 0 aromatic carbocycles. The lowest BCUT2D eigenvalue weighted by Gasteiger charge is -2.58. The summed E-state index contributed by atoms with van der Waals surface area (Å²) >= 11 is 0. The van der Waals surface area contributed by atoms with Crippen molar-refractivity contribution in [3.8, 4) is 0 Å². The molecule has 4 saturated carbocycles. The van der Waals surface area contributed by atoms with Crippen molar-refractivity contribution in [2.75, 3.05) is 6.61 Å². The molecule has 0 aromatic rings. The topological polar surface area (TPSA) is 142 Å². The Hall–Kier alpha value is -1.64. The van der Waals surface area contributed by atoms with Crippen LogP contribution in [0.25, 0.3) is 0 Å². The number of carbonyl (C=O) groups excluding carboxylic acids is 2. The summed E-state index contributed by atoms with van der Waals surface area (Å²) < 4.78 is 91.7. The van der Waals surface area contributed by atoms with E-state index in [1.807, 2.05) is 0 Å². The first-order chi connectivity index (χ1) is 14.6. The highest BCUT2D eigenvalue weighted by molar-refractivity contribution is 8.03. The van der Waals surface area contributed by atoms with Gasteiger partial charge in [0.25, 0.3) is 0 Å².